The fourth-order valence-corrected chi connectivity index (χ4v) is 2.31. The lowest BCUT2D eigenvalue weighted by atomic mass is 10.2. The number of aliphatic hydroxyl groups is 1. The number of nitrogens with zero attached hydrogens (tertiary/aromatic N) is 1. The van der Waals surface area contributed by atoms with Gasteiger partial charge in [0.15, 0.2) is 0 Å². The van der Waals surface area contributed by atoms with Crippen LogP contribution in [-0.4, -0.2) is 44.1 Å². The second kappa shape index (κ2) is 7.36. The maximum absolute atomic E-state index is 9.67. The summed E-state index contributed by atoms with van der Waals surface area (Å²) in [5.74, 6) is 0. The Morgan fingerprint density at radius 3 is 2.58 bits per heavy atom. The van der Waals surface area contributed by atoms with Crippen molar-refractivity contribution in [3.8, 4) is 0 Å². The first-order chi connectivity index (χ1) is 9.29. The third kappa shape index (κ3) is 4.40. The number of benzene rings is 1. The molecule has 0 saturated carbocycles. The highest BCUT2D eigenvalue weighted by Gasteiger charge is 2.11. The fourth-order valence-electron chi connectivity index (χ4n) is 2.31. The van der Waals surface area contributed by atoms with E-state index in [0.717, 1.165) is 5.69 Å². The maximum Gasteiger partial charge on any atom is 0.0945 e. The Balaban J connectivity index is 1.78. The van der Waals surface area contributed by atoms with Gasteiger partial charge in [0, 0.05) is 37.6 Å². The molecule has 0 aliphatic carbocycles. The van der Waals surface area contributed by atoms with Crippen molar-refractivity contribution < 1.29 is 9.84 Å². The van der Waals surface area contributed by atoms with Crippen LogP contribution < -0.4 is 10.2 Å². The molecule has 0 bridgehead atoms. The van der Waals surface area contributed by atoms with Gasteiger partial charge in [-0.1, -0.05) is 0 Å². The molecule has 106 valence electrons. The molecule has 2 rings (SSSR count). The quantitative estimate of drug-likeness (QED) is 0.791. The molecule has 0 amide bonds. The molecule has 1 aliphatic rings. The number of hydrogen-bond acceptors (Lipinski definition) is 4. The predicted molar refractivity (Wildman–Crippen MR) is 78.9 cm³/mol. The summed E-state index contributed by atoms with van der Waals surface area (Å²) in [5, 5.41) is 12.9. The van der Waals surface area contributed by atoms with Crippen LogP contribution in [0, 0.1) is 0 Å². The molecule has 1 unspecified atom stereocenters. The van der Waals surface area contributed by atoms with Gasteiger partial charge in [-0.3, -0.25) is 0 Å². The van der Waals surface area contributed by atoms with E-state index in [1.807, 2.05) is 6.92 Å². The minimum atomic E-state index is -0.460. The smallest absolute Gasteiger partial charge is 0.0945 e. The van der Waals surface area contributed by atoms with Crippen LogP contribution >= 0.6 is 0 Å². The van der Waals surface area contributed by atoms with Crippen molar-refractivity contribution in [3.63, 3.8) is 0 Å². The van der Waals surface area contributed by atoms with Crippen LogP contribution in [0.3, 0.4) is 0 Å². The highest BCUT2D eigenvalue weighted by atomic mass is 16.5. The summed E-state index contributed by atoms with van der Waals surface area (Å²) in [4.78, 5) is 2.41. The number of hydrogen-bond donors (Lipinski definition) is 2. The van der Waals surface area contributed by atoms with E-state index in [-0.39, 0.29) is 0 Å². The molecule has 0 radical (unpaired) electrons. The Hall–Kier alpha value is -1.26. The van der Waals surface area contributed by atoms with Crippen LogP contribution in [0.25, 0.3) is 0 Å². The van der Waals surface area contributed by atoms with Gasteiger partial charge in [0.05, 0.1) is 12.7 Å². The Labute approximate surface area is 115 Å². The second-order valence-electron chi connectivity index (χ2n) is 4.94. The molecular formula is C15H24N2O2. The average Bonchev–Trinajstić information content (AvgIpc) is 2.97. The summed E-state index contributed by atoms with van der Waals surface area (Å²) in [5.41, 5.74) is 2.33. The van der Waals surface area contributed by atoms with Crippen molar-refractivity contribution >= 4 is 11.4 Å². The lowest BCUT2D eigenvalue weighted by Gasteiger charge is -2.18. The van der Waals surface area contributed by atoms with Gasteiger partial charge in [0.25, 0.3) is 0 Å². The van der Waals surface area contributed by atoms with Gasteiger partial charge in [-0.2, -0.15) is 0 Å². The van der Waals surface area contributed by atoms with Gasteiger partial charge < -0.3 is 20.1 Å². The van der Waals surface area contributed by atoms with Gasteiger partial charge in [-0.15, -0.1) is 0 Å². The SMILES string of the molecule is CCOCC(O)CNc1ccc(N2CCCC2)cc1. The highest BCUT2D eigenvalue weighted by molar-refractivity contribution is 5.55. The Morgan fingerprint density at radius 2 is 1.95 bits per heavy atom. The van der Waals surface area contributed by atoms with Crippen molar-refractivity contribution in [1.82, 2.24) is 0 Å². The van der Waals surface area contributed by atoms with E-state index in [4.69, 9.17) is 4.74 Å². The van der Waals surface area contributed by atoms with Crippen molar-refractivity contribution in [3.05, 3.63) is 24.3 Å². The molecule has 4 nitrogen and oxygen atoms in total. The molecule has 1 fully saturated rings. The van der Waals surface area contributed by atoms with Crippen LogP contribution in [0.2, 0.25) is 0 Å². The van der Waals surface area contributed by atoms with Crippen LogP contribution in [0.4, 0.5) is 11.4 Å². The van der Waals surface area contributed by atoms with E-state index < -0.39 is 6.10 Å². The standard InChI is InChI=1S/C15H24N2O2/c1-2-19-12-15(18)11-16-13-5-7-14(8-6-13)17-9-3-4-10-17/h5-8,15-16,18H,2-4,9-12H2,1H3. The van der Waals surface area contributed by atoms with Crippen molar-refractivity contribution in [2.24, 2.45) is 0 Å². The first kappa shape index (κ1) is 14.2. The summed E-state index contributed by atoms with van der Waals surface area (Å²) in [7, 11) is 0. The number of ether oxygens (including phenoxy) is 1. The number of nitrogens with one attached hydrogen (secondary N) is 1. The molecule has 0 aromatic heterocycles. The van der Waals surface area contributed by atoms with Crippen LogP contribution in [-0.2, 0) is 4.74 Å². The Bertz CT molecular complexity index is 361. The molecular weight excluding hydrogens is 240 g/mol. The van der Waals surface area contributed by atoms with Gasteiger partial charge in [0.2, 0.25) is 0 Å². The fraction of sp³-hybridized carbons (Fsp3) is 0.600. The van der Waals surface area contributed by atoms with Crippen LogP contribution in [0.5, 0.6) is 0 Å². The zero-order chi connectivity index (χ0) is 13.5. The minimum absolute atomic E-state index is 0.384. The van der Waals surface area contributed by atoms with Crippen LogP contribution in [0.15, 0.2) is 24.3 Å². The lowest BCUT2D eigenvalue weighted by molar-refractivity contribution is 0.0496. The van der Waals surface area contributed by atoms with E-state index in [1.165, 1.54) is 31.6 Å². The molecule has 1 saturated heterocycles. The molecule has 1 aromatic carbocycles. The average molecular weight is 264 g/mol. The van der Waals surface area contributed by atoms with E-state index in [9.17, 15) is 5.11 Å². The van der Waals surface area contributed by atoms with Gasteiger partial charge in [-0.25, -0.2) is 0 Å². The molecule has 2 N–H and O–H groups in total. The van der Waals surface area contributed by atoms with Crippen LogP contribution in [0.1, 0.15) is 19.8 Å². The normalized spacial score (nSPS) is 16.6. The summed E-state index contributed by atoms with van der Waals surface area (Å²) >= 11 is 0. The largest absolute Gasteiger partial charge is 0.389 e. The summed E-state index contributed by atoms with van der Waals surface area (Å²) < 4.78 is 5.17. The topological polar surface area (TPSA) is 44.7 Å². The van der Waals surface area contributed by atoms with Crippen molar-refractivity contribution in [1.29, 1.82) is 0 Å². The van der Waals surface area contributed by atoms with Crippen molar-refractivity contribution in [2.45, 2.75) is 25.9 Å². The van der Waals surface area contributed by atoms with E-state index in [0.29, 0.717) is 19.8 Å². The summed E-state index contributed by atoms with van der Waals surface area (Å²) in [6.07, 6.45) is 2.13. The van der Waals surface area contributed by atoms with Gasteiger partial charge in [-0.05, 0) is 44.0 Å². The van der Waals surface area contributed by atoms with E-state index >= 15 is 0 Å². The van der Waals surface area contributed by atoms with Gasteiger partial charge in [0.1, 0.15) is 0 Å². The van der Waals surface area contributed by atoms with E-state index in [1.54, 1.807) is 0 Å². The maximum atomic E-state index is 9.67. The van der Waals surface area contributed by atoms with Gasteiger partial charge >= 0.3 is 0 Å². The third-order valence-electron chi connectivity index (χ3n) is 3.39. The second-order valence-corrected chi connectivity index (χ2v) is 4.94. The molecule has 0 spiro atoms. The molecule has 1 aromatic rings. The van der Waals surface area contributed by atoms with E-state index in [2.05, 4.69) is 34.5 Å². The Morgan fingerprint density at radius 1 is 1.26 bits per heavy atom. The molecule has 4 heteroatoms. The van der Waals surface area contributed by atoms with Crippen molar-refractivity contribution in [2.75, 3.05) is 43.1 Å². The number of anilines is 2. The number of rotatable bonds is 7. The molecule has 19 heavy (non-hydrogen) atoms. The Kier molecular flexibility index (Phi) is 5.48. The zero-order valence-corrected chi connectivity index (χ0v) is 11.6. The first-order valence-corrected chi connectivity index (χ1v) is 7.14. The lowest BCUT2D eigenvalue weighted by Crippen LogP contribution is -2.24. The molecule has 1 heterocycles. The molecule has 1 atom stereocenters. The summed E-state index contributed by atoms with van der Waals surface area (Å²) in [6, 6.07) is 8.42. The monoisotopic (exact) mass is 264 g/mol. The third-order valence-corrected chi connectivity index (χ3v) is 3.39. The predicted octanol–water partition coefficient (Wildman–Crippen LogP) is 2.10. The minimum Gasteiger partial charge on any atom is -0.389 e. The zero-order valence-electron chi connectivity index (χ0n) is 11.6. The number of aliphatic hydroxyl groups excluding tert-OH is 1. The highest BCUT2D eigenvalue weighted by Crippen LogP contribution is 2.21. The molecule has 1 aliphatic heterocycles. The first-order valence-electron chi connectivity index (χ1n) is 7.14. The summed E-state index contributed by atoms with van der Waals surface area (Å²) in [6.45, 7) is 5.80.